The first-order chi connectivity index (χ1) is 6.22. The van der Waals surface area contributed by atoms with E-state index in [1.54, 1.807) is 6.92 Å². The summed E-state index contributed by atoms with van der Waals surface area (Å²) in [4.78, 5) is 9.96. The molecule has 3 heteroatoms. The Balaban J connectivity index is 0. The van der Waals surface area contributed by atoms with Crippen LogP contribution in [0.4, 0.5) is 0 Å². The Morgan fingerprint density at radius 2 is 1.85 bits per heavy atom. The van der Waals surface area contributed by atoms with E-state index in [2.05, 4.69) is 11.7 Å². The first-order valence-corrected chi connectivity index (χ1v) is 4.99. The van der Waals surface area contributed by atoms with Gasteiger partial charge >= 0.3 is 5.97 Å². The van der Waals surface area contributed by atoms with Gasteiger partial charge in [-0.05, 0) is 13.0 Å². The van der Waals surface area contributed by atoms with E-state index in [9.17, 15) is 4.79 Å². The van der Waals surface area contributed by atoms with Crippen LogP contribution in [0.15, 0.2) is 0 Å². The van der Waals surface area contributed by atoms with Crippen LogP contribution in [-0.4, -0.2) is 19.6 Å². The number of hydrogen-bond acceptors (Lipinski definition) is 3. The topological polar surface area (TPSA) is 52.3 Å². The average Bonchev–Trinajstić information content (AvgIpc) is 2.18. The molecular formula is C10H23NO2. The van der Waals surface area contributed by atoms with Gasteiger partial charge in [0.15, 0.2) is 0 Å². The number of nitrogens with two attached hydrogens (primary N) is 1. The summed E-state index contributed by atoms with van der Waals surface area (Å²) in [5.74, 6) is -0.157. The molecule has 0 aliphatic carbocycles. The second-order valence-electron chi connectivity index (χ2n) is 2.78. The lowest BCUT2D eigenvalue weighted by Gasteiger charge is -1.90. The molecule has 0 spiro atoms. The lowest BCUT2D eigenvalue weighted by molar-refractivity contribution is -0.140. The molecule has 0 fully saturated rings. The van der Waals surface area contributed by atoms with Crippen molar-refractivity contribution in [3.63, 3.8) is 0 Å². The third kappa shape index (κ3) is 18.4. The number of ether oxygens (including phenoxy) is 1. The van der Waals surface area contributed by atoms with Gasteiger partial charge < -0.3 is 10.5 Å². The second kappa shape index (κ2) is 14.0. The van der Waals surface area contributed by atoms with Gasteiger partial charge in [0, 0.05) is 6.42 Å². The van der Waals surface area contributed by atoms with Crippen molar-refractivity contribution in [1.29, 1.82) is 0 Å². The van der Waals surface area contributed by atoms with Crippen LogP contribution in [0.25, 0.3) is 0 Å². The van der Waals surface area contributed by atoms with E-state index in [4.69, 9.17) is 5.73 Å². The molecular weight excluding hydrogens is 166 g/mol. The fourth-order valence-corrected chi connectivity index (χ4v) is 0.715. The van der Waals surface area contributed by atoms with Crippen LogP contribution in [0, 0.1) is 0 Å². The normalized spacial score (nSPS) is 8.62. The first-order valence-electron chi connectivity index (χ1n) is 4.99. The molecule has 0 radical (unpaired) electrons. The molecule has 0 aliphatic heterocycles. The summed E-state index contributed by atoms with van der Waals surface area (Å²) < 4.78 is 4.26. The number of hydrogen-bond donors (Lipinski definition) is 1. The van der Waals surface area contributed by atoms with Crippen LogP contribution in [-0.2, 0) is 9.53 Å². The van der Waals surface area contributed by atoms with E-state index in [1.165, 1.54) is 32.8 Å². The molecule has 3 nitrogen and oxygen atoms in total. The maximum atomic E-state index is 9.96. The van der Waals surface area contributed by atoms with Gasteiger partial charge in [-0.25, -0.2) is 0 Å². The summed E-state index contributed by atoms with van der Waals surface area (Å²) >= 11 is 0. The van der Waals surface area contributed by atoms with Crippen molar-refractivity contribution in [2.75, 3.05) is 13.7 Å². The summed E-state index contributed by atoms with van der Waals surface area (Å²) in [6.45, 7) is 4.82. The molecule has 80 valence electrons. The summed E-state index contributed by atoms with van der Waals surface area (Å²) in [5, 5.41) is 0. The zero-order valence-corrected chi connectivity index (χ0v) is 9.14. The highest BCUT2D eigenvalue weighted by Gasteiger charge is 1.87. The lowest BCUT2D eigenvalue weighted by atomic mass is 10.2. The molecule has 0 aromatic carbocycles. The quantitative estimate of drug-likeness (QED) is 0.532. The molecule has 0 heterocycles. The Morgan fingerprint density at radius 1 is 1.23 bits per heavy atom. The Kier molecular flexibility index (Phi) is 16.1. The van der Waals surface area contributed by atoms with Gasteiger partial charge in [0.2, 0.25) is 0 Å². The highest BCUT2D eigenvalue weighted by atomic mass is 16.5. The van der Waals surface area contributed by atoms with Gasteiger partial charge in [-0.15, -0.1) is 0 Å². The lowest BCUT2D eigenvalue weighted by Crippen LogP contribution is -1.97. The zero-order valence-electron chi connectivity index (χ0n) is 9.14. The molecule has 0 aliphatic rings. The predicted octanol–water partition coefficient (Wildman–Crippen LogP) is 2.09. The van der Waals surface area contributed by atoms with E-state index in [1.807, 2.05) is 0 Å². The van der Waals surface area contributed by atoms with Gasteiger partial charge in [0.1, 0.15) is 0 Å². The third-order valence-electron chi connectivity index (χ3n) is 1.57. The van der Waals surface area contributed by atoms with E-state index >= 15 is 0 Å². The molecule has 13 heavy (non-hydrogen) atoms. The Morgan fingerprint density at radius 3 is 2.08 bits per heavy atom. The fourth-order valence-electron chi connectivity index (χ4n) is 0.715. The van der Waals surface area contributed by atoms with Gasteiger partial charge in [-0.2, -0.15) is 0 Å². The molecule has 0 aromatic heterocycles. The molecule has 0 unspecified atom stereocenters. The molecule has 0 saturated carbocycles. The number of methoxy groups -OCH3 is 1. The van der Waals surface area contributed by atoms with Crippen molar-refractivity contribution in [2.24, 2.45) is 5.73 Å². The summed E-state index contributed by atoms with van der Waals surface area (Å²) in [6, 6.07) is 0. The van der Waals surface area contributed by atoms with E-state index in [0.29, 0.717) is 6.42 Å². The Labute approximate surface area is 81.6 Å². The molecule has 2 N–H and O–H groups in total. The van der Waals surface area contributed by atoms with Crippen molar-refractivity contribution in [3.05, 3.63) is 0 Å². The van der Waals surface area contributed by atoms with Crippen LogP contribution >= 0.6 is 0 Å². The number of carbonyl (C=O) groups excluding carboxylic acids is 1. The van der Waals surface area contributed by atoms with Crippen molar-refractivity contribution in [3.8, 4) is 0 Å². The minimum atomic E-state index is -0.157. The Hall–Kier alpha value is -0.570. The molecule has 0 amide bonds. The highest BCUT2D eigenvalue weighted by molar-refractivity contribution is 5.68. The maximum Gasteiger partial charge on any atom is 0.305 e. The second-order valence-corrected chi connectivity index (χ2v) is 2.78. The minimum Gasteiger partial charge on any atom is -0.469 e. The van der Waals surface area contributed by atoms with Gasteiger partial charge in [0.05, 0.1) is 7.11 Å². The van der Waals surface area contributed by atoms with E-state index in [0.717, 1.165) is 6.54 Å². The molecule has 0 bridgehead atoms. The fraction of sp³-hybridized carbons (Fsp3) is 0.900. The standard InChI is InChI=1S/C6H15N.C4H8O2/c1-2-3-4-5-6-7;1-3-4(5)6-2/h2-7H2,1H3;3H2,1-2H3. The number of carbonyl (C=O) groups is 1. The number of rotatable bonds is 5. The third-order valence-corrected chi connectivity index (χ3v) is 1.57. The van der Waals surface area contributed by atoms with Crippen LogP contribution < -0.4 is 5.73 Å². The SMILES string of the molecule is CCC(=O)OC.CCCCCCN. The first kappa shape index (κ1) is 14.9. The molecule has 0 aromatic rings. The predicted molar refractivity (Wildman–Crippen MR) is 55.5 cm³/mol. The summed E-state index contributed by atoms with van der Waals surface area (Å²) in [5.41, 5.74) is 5.27. The van der Waals surface area contributed by atoms with Gasteiger partial charge in [-0.1, -0.05) is 33.1 Å². The number of unbranched alkanes of at least 4 members (excludes halogenated alkanes) is 3. The van der Waals surface area contributed by atoms with Crippen LogP contribution in [0.1, 0.15) is 46.0 Å². The van der Waals surface area contributed by atoms with Crippen LogP contribution in [0.2, 0.25) is 0 Å². The summed E-state index contributed by atoms with van der Waals surface area (Å²) in [7, 11) is 1.38. The number of esters is 1. The molecule has 0 saturated heterocycles. The van der Waals surface area contributed by atoms with Crippen molar-refractivity contribution < 1.29 is 9.53 Å². The van der Waals surface area contributed by atoms with Crippen molar-refractivity contribution >= 4 is 5.97 Å². The van der Waals surface area contributed by atoms with Crippen LogP contribution in [0.3, 0.4) is 0 Å². The van der Waals surface area contributed by atoms with Gasteiger partial charge in [0.25, 0.3) is 0 Å². The van der Waals surface area contributed by atoms with Crippen molar-refractivity contribution in [2.45, 2.75) is 46.0 Å². The largest absolute Gasteiger partial charge is 0.469 e. The maximum absolute atomic E-state index is 9.96. The minimum absolute atomic E-state index is 0.157. The Bertz CT molecular complexity index is 95.1. The average molecular weight is 189 g/mol. The smallest absolute Gasteiger partial charge is 0.305 e. The van der Waals surface area contributed by atoms with Crippen LogP contribution in [0.5, 0.6) is 0 Å². The monoisotopic (exact) mass is 189 g/mol. The van der Waals surface area contributed by atoms with Gasteiger partial charge in [-0.3, -0.25) is 4.79 Å². The highest BCUT2D eigenvalue weighted by Crippen LogP contribution is 1.95. The van der Waals surface area contributed by atoms with E-state index < -0.39 is 0 Å². The zero-order chi connectivity index (χ0) is 10.5. The van der Waals surface area contributed by atoms with Crippen molar-refractivity contribution in [1.82, 2.24) is 0 Å². The summed E-state index contributed by atoms with van der Waals surface area (Å²) in [6.07, 6.45) is 5.63. The van der Waals surface area contributed by atoms with E-state index in [-0.39, 0.29) is 5.97 Å². The molecule has 0 rings (SSSR count). The molecule has 0 atom stereocenters.